The molecule has 9 heteroatoms. The van der Waals surface area contributed by atoms with Crippen LogP contribution in [0.3, 0.4) is 0 Å². The minimum Gasteiger partial charge on any atom is -0.446 e. The van der Waals surface area contributed by atoms with E-state index in [1.165, 1.54) is 0 Å². The van der Waals surface area contributed by atoms with Gasteiger partial charge < -0.3 is 19.2 Å². The Balaban J connectivity index is 0.987. The number of carbonyl (C=O) groups is 2. The molecule has 0 radical (unpaired) electrons. The molecular weight excluding hydrogens is 619 g/mol. The molecule has 2 bridgehead atoms. The lowest BCUT2D eigenvalue weighted by Gasteiger charge is -2.37. The van der Waals surface area contributed by atoms with Crippen LogP contribution in [0.5, 0.6) is 0 Å². The number of fused-ring (bicyclic) bond motifs is 5. The number of rotatable bonds is 12. The van der Waals surface area contributed by atoms with Crippen LogP contribution in [0, 0.1) is 0 Å². The summed E-state index contributed by atoms with van der Waals surface area (Å²) in [6.45, 7) is 11.8. The van der Waals surface area contributed by atoms with Crippen molar-refractivity contribution in [3.8, 4) is 11.1 Å². The Morgan fingerprint density at radius 3 is 2.23 bits per heavy atom. The number of hydrogen-bond donors (Lipinski definition) is 2. The van der Waals surface area contributed by atoms with Crippen molar-refractivity contribution in [1.29, 1.82) is 0 Å². The number of ether oxygens (including phenoxy) is 2. The van der Waals surface area contributed by atoms with Crippen LogP contribution < -0.4 is 10.6 Å². The average Bonchev–Trinajstić information content (AvgIpc) is 3.81. The average molecular weight is 670 g/mol. The molecule has 0 aromatic heterocycles. The van der Waals surface area contributed by atoms with Crippen LogP contribution >= 0.6 is 0 Å². The highest BCUT2D eigenvalue weighted by Crippen LogP contribution is 2.48. The fourth-order valence-electron chi connectivity index (χ4n) is 6.81. The summed E-state index contributed by atoms with van der Waals surface area (Å²) in [5.74, 6) is 0.0102. The van der Waals surface area contributed by atoms with Crippen LogP contribution in [0.25, 0.3) is 11.1 Å². The standard InChI is InChI=1S/C39H51N3O5Si/c1-39(2,3)48(5,6)45-25-27-16-19-29(20-17-27)40-35(43)15-11-10-12-26-18-21-31(28-13-8-7-9-14-28)32(22-26)41-38(44)46-30-23-33-36-37(47-36)34(24-30)42(33)4/h7-9,13-14,16-22,30,33-34,36-37H,10-12,15,23-25H2,1-6H3,(H,40,43)(H,41,44)/t30-,33-,34+,36-,37+. The third-order valence-corrected chi connectivity index (χ3v) is 15.3. The number of unbranched alkanes of at least 4 members (excludes halogenated alkanes) is 1. The monoisotopic (exact) mass is 669 g/mol. The van der Waals surface area contributed by atoms with E-state index in [9.17, 15) is 9.59 Å². The van der Waals surface area contributed by atoms with Gasteiger partial charge in [0.05, 0.1) is 12.3 Å². The number of carbonyl (C=O) groups excluding carboxylic acids is 2. The van der Waals surface area contributed by atoms with Crippen LogP contribution in [-0.2, 0) is 31.7 Å². The van der Waals surface area contributed by atoms with Crippen molar-refractivity contribution in [1.82, 2.24) is 4.90 Å². The lowest BCUT2D eigenvalue weighted by molar-refractivity contribution is -0.116. The van der Waals surface area contributed by atoms with Gasteiger partial charge in [0.1, 0.15) is 18.3 Å². The molecule has 0 saturated carbocycles. The van der Waals surface area contributed by atoms with Gasteiger partial charge in [-0.05, 0) is 79.3 Å². The zero-order valence-corrected chi connectivity index (χ0v) is 30.3. The Morgan fingerprint density at radius 1 is 0.896 bits per heavy atom. The third kappa shape index (κ3) is 8.02. The first-order chi connectivity index (χ1) is 22.9. The maximum Gasteiger partial charge on any atom is 0.411 e. The lowest BCUT2D eigenvalue weighted by atomic mass is 9.99. The molecule has 0 spiro atoms. The van der Waals surface area contributed by atoms with Crippen molar-refractivity contribution in [2.75, 3.05) is 17.7 Å². The molecule has 256 valence electrons. The first kappa shape index (κ1) is 34.4. The summed E-state index contributed by atoms with van der Waals surface area (Å²) in [7, 11) is 0.338. The molecule has 3 fully saturated rings. The molecule has 3 aromatic carbocycles. The SMILES string of the molecule is CN1[C@@H]2C[C@@H](OC(=O)Nc3cc(CCCCC(=O)Nc4ccc(CO[Si](C)(C)C(C)(C)C)cc4)ccc3-c3ccccc3)C[C@H]1[C@@H]1O[C@@H]12. The smallest absolute Gasteiger partial charge is 0.411 e. The summed E-state index contributed by atoms with van der Waals surface area (Å²) in [6.07, 6.45) is 4.55. The molecule has 0 unspecified atom stereocenters. The Bertz CT molecular complexity index is 1570. The lowest BCUT2D eigenvalue weighted by Crippen LogP contribution is -2.48. The Labute approximate surface area is 286 Å². The molecule has 3 heterocycles. The Hall–Kier alpha value is -3.50. The van der Waals surface area contributed by atoms with Crippen molar-refractivity contribution in [3.05, 3.63) is 83.9 Å². The largest absolute Gasteiger partial charge is 0.446 e. The molecule has 2 N–H and O–H groups in total. The summed E-state index contributed by atoms with van der Waals surface area (Å²) in [5, 5.41) is 6.26. The summed E-state index contributed by atoms with van der Waals surface area (Å²) in [4.78, 5) is 28.3. The van der Waals surface area contributed by atoms with Gasteiger partial charge in [0, 0.05) is 42.6 Å². The fraction of sp³-hybridized carbons (Fsp3) is 0.487. The fourth-order valence-corrected chi connectivity index (χ4v) is 7.77. The van der Waals surface area contributed by atoms with E-state index in [4.69, 9.17) is 13.9 Å². The Morgan fingerprint density at radius 2 is 1.56 bits per heavy atom. The molecule has 2 amide bonds. The van der Waals surface area contributed by atoms with E-state index in [0.717, 1.165) is 65.7 Å². The Kier molecular flexibility index (Phi) is 10.1. The van der Waals surface area contributed by atoms with E-state index in [2.05, 4.69) is 68.6 Å². The first-order valence-electron chi connectivity index (χ1n) is 17.4. The molecule has 3 saturated heterocycles. The summed E-state index contributed by atoms with van der Waals surface area (Å²) < 4.78 is 18.1. The highest BCUT2D eigenvalue weighted by molar-refractivity contribution is 6.74. The predicted octanol–water partition coefficient (Wildman–Crippen LogP) is 8.39. The van der Waals surface area contributed by atoms with Gasteiger partial charge in [0.2, 0.25) is 5.91 Å². The number of nitrogens with one attached hydrogen (secondary N) is 2. The van der Waals surface area contributed by atoms with Gasteiger partial charge in [-0.3, -0.25) is 15.0 Å². The van der Waals surface area contributed by atoms with E-state index in [1.807, 2.05) is 60.7 Å². The van der Waals surface area contributed by atoms with E-state index in [1.54, 1.807) is 0 Å². The molecule has 8 nitrogen and oxygen atoms in total. The summed E-state index contributed by atoms with van der Waals surface area (Å²) in [6, 6.07) is 24.9. The van der Waals surface area contributed by atoms with Crippen LogP contribution in [0.4, 0.5) is 16.2 Å². The van der Waals surface area contributed by atoms with Crippen molar-refractivity contribution in [2.24, 2.45) is 0 Å². The van der Waals surface area contributed by atoms with Crippen LogP contribution in [0.15, 0.2) is 72.8 Å². The predicted molar refractivity (Wildman–Crippen MR) is 194 cm³/mol. The van der Waals surface area contributed by atoms with Crippen molar-refractivity contribution < 1.29 is 23.5 Å². The van der Waals surface area contributed by atoms with E-state index < -0.39 is 14.4 Å². The number of piperidine rings is 1. The third-order valence-electron chi connectivity index (χ3n) is 10.8. The number of nitrogens with zero attached hydrogens (tertiary/aromatic N) is 1. The zero-order chi connectivity index (χ0) is 34.1. The van der Waals surface area contributed by atoms with Crippen molar-refractivity contribution in [3.63, 3.8) is 0 Å². The van der Waals surface area contributed by atoms with Gasteiger partial charge in [-0.2, -0.15) is 0 Å². The van der Waals surface area contributed by atoms with Gasteiger partial charge in [-0.25, -0.2) is 4.79 Å². The molecule has 6 rings (SSSR count). The summed E-state index contributed by atoms with van der Waals surface area (Å²) >= 11 is 0. The molecule has 3 aliphatic rings. The molecular formula is C39H51N3O5Si. The number of anilines is 2. The van der Waals surface area contributed by atoms with Gasteiger partial charge in [0.25, 0.3) is 0 Å². The molecule has 5 atom stereocenters. The molecule has 0 aliphatic carbocycles. The number of likely N-dealkylation sites (N-methyl/N-ethyl adjacent to an activating group) is 1. The van der Waals surface area contributed by atoms with Crippen LogP contribution in [0.1, 0.15) is 64.0 Å². The minimum absolute atomic E-state index is 0.0102. The molecule has 3 aromatic rings. The van der Waals surface area contributed by atoms with Gasteiger partial charge in [-0.15, -0.1) is 0 Å². The minimum atomic E-state index is -1.81. The quantitative estimate of drug-likeness (QED) is 0.114. The number of epoxide rings is 1. The number of morpholine rings is 1. The van der Waals surface area contributed by atoms with Crippen molar-refractivity contribution in [2.45, 2.75) is 114 Å². The van der Waals surface area contributed by atoms with E-state index in [0.29, 0.717) is 37.3 Å². The molecule has 48 heavy (non-hydrogen) atoms. The maximum absolute atomic E-state index is 13.2. The van der Waals surface area contributed by atoms with E-state index in [-0.39, 0.29) is 17.0 Å². The van der Waals surface area contributed by atoms with Gasteiger partial charge >= 0.3 is 6.09 Å². The second-order valence-electron chi connectivity index (χ2n) is 15.2. The maximum atomic E-state index is 13.2. The summed E-state index contributed by atoms with van der Waals surface area (Å²) in [5.41, 5.74) is 5.73. The zero-order valence-electron chi connectivity index (χ0n) is 29.3. The molecule has 3 aliphatic heterocycles. The number of benzene rings is 3. The van der Waals surface area contributed by atoms with Crippen LogP contribution in [-0.4, -0.2) is 62.7 Å². The number of amides is 2. The van der Waals surface area contributed by atoms with Crippen molar-refractivity contribution >= 4 is 31.7 Å². The number of aryl methyl sites for hydroxylation is 1. The van der Waals surface area contributed by atoms with E-state index >= 15 is 0 Å². The topological polar surface area (TPSA) is 92.4 Å². The van der Waals surface area contributed by atoms with Gasteiger partial charge in [-0.1, -0.05) is 75.4 Å². The second kappa shape index (κ2) is 14.2. The first-order valence-corrected chi connectivity index (χ1v) is 20.3. The van der Waals surface area contributed by atoms with Crippen LogP contribution in [0.2, 0.25) is 18.1 Å². The van der Waals surface area contributed by atoms with Gasteiger partial charge in [0.15, 0.2) is 8.32 Å². The second-order valence-corrected chi connectivity index (χ2v) is 20.0. The number of hydrogen-bond acceptors (Lipinski definition) is 6. The highest BCUT2D eigenvalue weighted by Gasteiger charge is 2.62. The normalized spacial score (nSPS) is 23.3. The highest BCUT2D eigenvalue weighted by atomic mass is 28.4.